The summed E-state index contributed by atoms with van der Waals surface area (Å²) < 4.78 is 30.0. The SMILES string of the molecule is CCOc1cc2c(cc1C=C1NC(=O)N(CC(=O)Nc3ccccc3F)C1=O)OCO2. The van der Waals surface area contributed by atoms with Crippen molar-refractivity contribution in [1.29, 1.82) is 0 Å². The Morgan fingerprint density at radius 2 is 2.00 bits per heavy atom. The standard InChI is InChI=1S/C21H18FN3O6/c1-2-29-16-9-18-17(30-11-31-18)8-12(16)7-15-20(27)25(21(28)24-15)10-19(26)23-14-6-4-3-5-13(14)22/h3-9H,2,10-11H2,1H3,(H,23,26)(H,24,28). The Morgan fingerprint density at radius 3 is 2.74 bits per heavy atom. The number of amides is 4. The molecule has 2 aromatic rings. The van der Waals surface area contributed by atoms with Gasteiger partial charge < -0.3 is 24.8 Å². The number of halogens is 1. The first-order valence-electron chi connectivity index (χ1n) is 9.41. The first kappa shape index (κ1) is 20.2. The molecule has 9 nitrogen and oxygen atoms in total. The molecule has 10 heteroatoms. The molecule has 0 aromatic heterocycles. The van der Waals surface area contributed by atoms with Gasteiger partial charge in [0.25, 0.3) is 5.91 Å². The van der Waals surface area contributed by atoms with Crippen LogP contribution in [0.2, 0.25) is 0 Å². The number of carbonyl (C=O) groups excluding carboxylic acids is 3. The lowest BCUT2D eigenvalue weighted by Crippen LogP contribution is -2.38. The second kappa shape index (κ2) is 8.34. The Kier molecular flexibility index (Phi) is 5.44. The highest BCUT2D eigenvalue weighted by Crippen LogP contribution is 2.39. The first-order valence-corrected chi connectivity index (χ1v) is 9.41. The van der Waals surface area contributed by atoms with Crippen molar-refractivity contribution in [2.75, 3.05) is 25.3 Å². The molecule has 1 fully saturated rings. The lowest BCUT2D eigenvalue weighted by Gasteiger charge is -2.12. The lowest BCUT2D eigenvalue weighted by atomic mass is 10.1. The van der Waals surface area contributed by atoms with Crippen LogP contribution < -0.4 is 24.8 Å². The zero-order chi connectivity index (χ0) is 22.0. The predicted octanol–water partition coefficient (Wildman–Crippen LogP) is 2.48. The molecule has 0 radical (unpaired) electrons. The number of hydrogen-bond acceptors (Lipinski definition) is 6. The summed E-state index contributed by atoms with van der Waals surface area (Å²) in [7, 11) is 0. The van der Waals surface area contributed by atoms with Crippen molar-refractivity contribution in [3.63, 3.8) is 0 Å². The summed E-state index contributed by atoms with van der Waals surface area (Å²) in [5, 5.41) is 4.78. The molecular formula is C21H18FN3O6. The Balaban J connectivity index is 1.52. The number of anilines is 1. The van der Waals surface area contributed by atoms with Crippen LogP contribution in [0.4, 0.5) is 14.9 Å². The molecule has 1 saturated heterocycles. The largest absolute Gasteiger partial charge is 0.493 e. The topological polar surface area (TPSA) is 106 Å². The Bertz CT molecular complexity index is 1100. The van der Waals surface area contributed by atoms with Gasteiger partial charge in [-0.15, -0.1) is 0 Å². The number of ether oxygens (including phenoxy) is 3. The van der Waals surface area contributed by atoms with Crippen LogP contribution in [-0.4, -0.2) is 42.7 Å². The van der Waals surface area contributed by atoms with Crippen LogP contribution in [0.25, 0.3) is 6.08 Å². The molecule has 2 aliphatic rings. The van der Waals surface area contributed by atoms with Crippen molar-refractivity contribution in [2.24, 2.45) is 0 Å². The number of imide groups is 1. The zero-order valence-electron chi connectivity index (χ0n) is 16.4. The fraction of sp³-hybridized carbons (Fsp3) is 0.190. The van der Waals surface area contributed by atoms with Crippen molar-refractivity contribution in [3.05, 3.63) is 53.5 Å². The summed E-state index contributed by atoms with van der Waals surface area (Å²) in [6, 6.07) is 8.09. The number of rotatable bonds is 6. The van der Waals surface area contributed by atoms with E-state index in [1.54, 1.807) is 25.1 Å². The zero-order valence-corrected chi connectivity index (χ0v) is 16.4. The minimum absolute atomic E-state index is 0.0384. The maximum Gasteiger partial charge on any atom is 0.329 e. The van der Waals surface area contributed by atoms with Crippen molar-refractivity contribution in [2.45, 2.75) is 6.92 Å². The lowest BCUT2D eigenvalue weighted by molar-refractivity contribution is -0.127. The third-order valence-electron chi connectivity index (χ3n) is 4.52. The summed E-state index contributed by atoms with van der Waals surface area (Å²) in [6.45, 7) is 1.68. The molecule has 31 heavy (non-hydrogen) atoms. The maximum absolute atomic E-state index is 13.7. The second-order valence-corrected chi connectivity index (χ2v) is 6.58. The molecule has 0 saturated carbocycles. The van der Waals surface area contributed by atoms with Gasteiger partial charge >= 0.3 is 6.03 Å². The number of urea groups is 1. The van der Waals surface area contributed by atoms with E-state index in [1.807, 2.05) is 0 Å². The number of benzene rings is 2. The highest BCUT2D eigenvalue weighted by atomic mass is 19.1. The third kappa shape index (κ3) is 4.13. The summed E-state index contributed by atoms with van der Waals surface area (Å²) in [5.41, 5.74) is 0.410. The van der Waals surface area contributed by atoms with Crippen LogP contribution in [0.3, 0.4) is 0 Å². The smallest absolute Gasteiger partial charge is 0.329 e. The van der Waals surface area contributed by atoms with Crippen LogP contribution in [0.15, 0.2) is 42.1 Å². The summed E-state index contributed by atoms with van der Waals surface area (Å²) in [4.78, 5) is 37.9. The monoisotopic (exact) mass is 427 g/mol. The van der Waals surface area contributed by atoms with E-state index in [1.165, 1.54) is 24.3 Å². The van der Waals surface area contributed by atoms with Gasteiger partial charge in [0.15, 0.2) is 11.5 Å². The molecule has 2 N–H and O–H groups in total. The molecule has 2 aromatic carbocycles. The van der Waals surface area contributed by atoms with Gasteiger partial charge in [-0.25, -0.2) is 14.1 Å². The molecule has 0 aliphatic carbocycles. The van der Waals surface area contributed by atoms with E-state index in [4.69, 9.17) is 14.2 Å². The van der Waals surface area contributed by atoms with Crippen LogP contribution in [0.5, 0.6) is 17.2 Å². The van der Waals surface area contributed by atoms with Crippen molar-refractivity contribution in [3.8, 4) is 17.2 Å². The molecule has 0 spiro atoms. The van der Waals surface area contributed by atoms with Gasteiger partial charge in [-0.05, 0) is 31.2 Å². The fourth-order valence-corrected chi connectivity index (χ4v) is 3.10. The van der Waals surface area contributed by atoms with E-state index in [2.05, 4.69) is 10.6 Å². The van der Waals surface area contributed by atoms with E-state index in [9.17, 15) is 18.8 Å². The van der Waals surface area contributed by atoms with Crippen molar-refractivity contribution < 1.29 is 33.0 Å². The van der Waals surface area contributed by atoms with Crippen molar-refractivity contribution in [1.82, 2.24) is 10.2 Å². The molecule has 4 rings (SSSR count). The predicted molar refractivity (Wildman–Crippen MR) is 107 cm³/mol. The Labute approximate surface area is 176 Å². The van der Waals surface area contributed by atoms with Gasteiger partial charge in [0.1, 0.15) is 23.8 Å². The normalized spacial score (nSPS) is 15.9. The first-order chi connectivity index (χ1) is 15.0. The molecule has 160 valence electrons. The Hall–Kier alpha value is -4.08. The molecule has 0 atom stereocenters. The average molecular weight is 427 g/mol. The minimum Gasteiger partial charge on any atom is -0.493 e. The van der Waals surface area contributed by atoms with Gasteiger partial charge in [-0.1, -0.05) is 12.1 Å². The van der Waals surface area contributed by atoms with E-state index in [0.717, 1.165) is 4.90 Å². The number of fused-ring (bicyclic) bond motifs is 1. The number of nitrogens with zero attached hydrogens (tertiary/aromatic N) is 1. The van der Waals surface area contributed by atoms with Gasteiger partial charge in [0.05, 0.1) is 12.3 Å². The summed E-state index contributed by atoms with van der Waals surface area (Å²) in [5.74, 6) is -0.606. The molecule has 2 heterocycles. The van der Waals surface area contributed by atoms with Gasteiger partial charge in [0, 0.05) is 11.6 Å². The van der Waals surface area contributed by atoms with E-state index in [0.29, 0.717) is 29.4 Å². The van der Waals surface area contributed by atoms with Gasteiger partial charge in [-0.3, -0.25) is 9.59 Å². The quantitative estimate of drug-likeness (QED) is 0.542. The van der Waals surface area contributed by atoms with E-state index < -0.39 is 30.2 Å². The van der Waals surface area contributed by atoms with Gasteiger partial charge in [-0.2, -0.15) is 0 Å². The summed E-state index contributed by atoms with van der Waals surface area (Å²) >= 11 is 0. The van der Waals surface area contributed by atoms with Crippen LogP contribution >= 0.6 is 0 Å². The van der Waals surface area contributed by atoms with Crippen LogP contribution in [0.1, 0.15) is 12.5 Å². The molecular weight excluding hydrogens is 409 g/mol. The Morgan fingerprint density at radius 1 is 1.26 bits per heavy atom. The van der Waals surface area contributed by atoms with E-state index >= 15 is 0 Å². The van der Waals surface area contributed by atoms with Crippen LogP contribution in [0, 0.1) is 5.82 Å². The highest BCUT2D eigenvalue weighted by Gasteiger charge is 2.35. The fourth-order valence-electron chi connectivity index (χ4n) is 3.10. The van der Waals surface area contributed by atoms with E-state index in [-0.39, 0.29) is 18.2 Å². The number of para-hydroxylation sites is 1. The van der Waals surface area contributed by atoms with Crippen LogP contribution in [-0.2, 0) is 9.59 Å². The number of hydrogen-bond donors (Lipinski definition) is 2. The maximum atomic E-state index is 13.7. The van der Waals surface area contributed by atoms with Crippen molar-refractivity contribution >= 4 is 29.6 Å². The molecule has 4 amide bonds. The number of nitrogens with one attached hydrogen (secondary N) is 2. The molecule has 2 aliphatic heterocycles. The average Bonchev–Trinajstić information content (AvgIpc) is 3.29. The minimum atomic E-state index is -0.765. The molecule has 0 bridgehead atoms. The highest BCUT2D eigenvalue weighted by molar-refractivity contribution is 6.16. The summed E-state index contributed by atoms with van der Waals surface area (Å²) in [6.07, 6.45) is 1.43. The second-order valence-electron chi connectivity index (χ2n) is 6.58. The third-order valence-corrected chi connectivity index (χ3v) is 4.52. The molecule has 0 unspecified atom stereocenters. The number of carbonyl (C=O) groups is 3. The van der Waals surface area contributed by atoms with Gasteiger partial charge in [0.2, 0.25) is 12.7 Å².